The van der Waals surface area contributed by atoms with Crippen LogP contribution in [0.2, 0.25) is 0 Å². The zero-order chi connectivity index (χ0) is 10.6. The molecule has 0 bridgehead atoms. The van der Waals surface area contributed by atoms with E-state index in [4.69, 9.17) is 0 Å². The van der Waals surface area contributed by atoms with Crippen LogP contribution in [0.1, 0.15) is 25.7 Å². The van der Waals surface area contributed by atoms with Gasteiger partial charge in [-0.2, -0.15) is 8.78 Å². The lowest BCUT2D eigenvalue weighted by Gasteiger charge is -2.26. The Balaban J connectivity index is 2.27. The first-order chi connectivity index (χ1) is 6.63. The number of esters is 1. The van der Waals surface area contributed by atoms with E-state index < -0.39 is 12.7 Å². The Bertz CT molecular complexity index is 188. The Hall–Kier alpha value is -0.710. The van der Waals surface area contributed by atoms with Gasteiger partial charge in [0.25, 0.3) is 0 Å². The topological polar surface area (TPSA) is 35.5 Å². The van der Waals surface area contributed by atoms with Gasteiger partial charge in [0, 0.05) is 0 Å². The molecule has 0 aromatic carbocycles. The standard InChI is InChI=1S/C9H14F2O3/c1-13-8(12)6-2-4-7(5-3-6)14-9(10)11/h6-7,9H,2-5H2,1H3. The molecular formula is C9H14F2O3. The molecule has 0 aliphatic heterocycles. The van der Waals surface area contributed by atoms with E-state index in [2.05, 4.69) is 9.47 Å². The van der Waals surface area contributed by atoms with Crippen molar-refractivity contribution in [1.82, 2.24) is 0 Å². The second-order valence-electron chi connectivity index (χ2n) is 3.39. The van der Waals surface area contributed by atoms with Crippen molar-refractivity contribution < 1.29 is 23.0 Å². The highest BCUT2D eigenvalue weighted by atomic mass is 19.3. The van der Waals surface area contributed by atoms with Gasteiger partial charge in [0.1, 0.15) is 0 Å². The summed E-state index contributed by atoms with van der Waals surface area (Å²) >= 11 is 0. The minimum atomic E-state index is -2.71. The normalized spacial score (nSPS) is 27.7. The summed E-state index contributed by atoms with van der Waals surface area (Å²) in [5.74, 6) is -0.391. The van der Waals surface area contributed by atoms with Crippen LogP contribution in [0.3, 0.4) is 0 Å². The molecule has 0 spiro atoms. The molecule has 1 aliphatic rings. The van der Waals surface area contributed by atoms with Gasteiger partial charge < -0.3 is 9.47 Å². The van der Waals surface area contributed by atoms with Crippen LogP contribution in [0, 0.1) is 5.92 Å². The number of hydrogen-bond donors (Lipinski definition) is 0. The van der Waals surface area contributed by atoms with Crippen LogP contribution in [0.15, 0.2) is 0 Å². The van der Waals surface area contributed by atoms with Crippen molar-refractivity contribution in [3.8, 4) is 0 Å². The fourth-order valence-corrected chi connectivity index (χ4v) is 1.75. The molecule has 0 aromatic rings. The highest BCUT2D eigenvalue weighted by Gasteiger charge is 2.28. The van der Waals surface area contributed by atoms with Crippen LogP contribution < -0.4 is 0 Å². The first-order valence-corrected chi connectivity index (χ1v) is 4.65. The smallest absolute Gasteiger partial charge is 0.345 e. The Labute approximate surface area is 81.4 Å². The van der Waals surface area contributed by atoms with Crippen molar-refractivity contribution in [1.29, 1.82) is 0 Å². The van der Waals surface area contributed by atoms with Crippen LogP contribution in [0.25, 0.3) is 0 Å². The molecule has 0 aromatic heterocycles. The summed E-state index contributed by atoms with van der Waals surface area (Å²) in [5, 5.41) is 0. The van der Waals surface area contributed by atoms with Crippen molar-refractivity contribution in [3.05, 3.63) is 0 Å². The van der Waals surface area contributed by atoms with Crippen LogP contribution in [0.5, 0.6) is 0 Å². The Morgan fingerprint density at radius 2 is 1.86 bits per heavy atom. The van der Waals surface area contributed by atoms with Gasteiger partial charge in [0.05, 0.1) is 19.1 Å². The highest BCUT2D eigenvalue weighted by molar-refractivity contribution is 5.72. The first-order valence-electron chi connectivity index (χ1n) is 4.65. The summed E-state index contributed by atoms with van der Waals surface area (Å²) in [6.45, 7) is -2.71. The Kier molecular flexibility index (Phi) is 4.25. The molecule has 1 rings (SSSR count). The molecule has 0 atom stereocenters. The van der Waals surface area contributed by atoms with Gasteiger partial charge in [-0.1, -0.05) is 0 Å². The Morgan fingerprint density at radius 3 is 2.29 bits per heavy atom. The van der Waals surface area contributed by atoms with Crippen LogP contribution in [0.4, 0.5) is 8.78 Å². The maximum absolute atomic E-state index is 11.8. The summed E-state index contributed by atoms with van der Waals surface area (Å²) in [5.41, 5.74) is 0. The average molecular weight is 208 g/mol. The average Bonchev–Trinajstić information content (AvgIpc) is 2.17. The number of halogens is 2. The molecule has 0 amide bonds. The molecule has 82 valence electrons. The van der Waals surface area contributed by atoms with Gasteiger partial charge >= 0.3 is 12.6 Å². The summed E-state index contributed by atoms with van der Waals surface area (Å²) < 4.78 is 32.6. The predicted molar refractivity (Wildman–Crippen MR) is 44.9 cm³/mol. The van der Waals surface area contributed by atoms with Crippen molar-refractivity contribution in [2.45, 2.75) is 38.4 Å². The van der Waals surface area contributed by atoms with Crippen LogP contribution in [-0.2, 0) is 14.3 Å². The maximum atomic E-state index is 11.8. The van der Waals surface area contributed by atoms with Crippen molar-refractivity contribution in [3.63, 3.8) is 0 Å². The van der Waals surface area contributed by atoms with Gasteiger partial charge in [-0.05, 0) is 25.7 Å². The number of alkyl halides is 2. The zero-order valence-corrected chi connectivity index (χ0v) is 8.04. The first kappa shape index (κ1) is 11.4. The fourth-order valence-electron chi connectivity index (χ4n) is 1.75. The lowest BCUT2D eigenvalue weighted by atomic mass is 9.87. The van der Waals surface area contributed by atoms with E-state index >= 15 is 0 Å². The third-order valence-corrected chi connectivity index (χ3v) is 2.50. The van der Waals surface area contributed by atoms with Gasteiger partial charge in [-0.25, -0.2) is 0 Å². The number of methoxy groups -OCH3 is 1. The number of hydrogen-bond acceptors (Lipinski definition) is 3. The molecule has 14 heavy (non-hydrogen) atoms. The molecule has 5 heteroatoms. The second-order valence-corrected chi connectivity index (χ2v) is 3.39. The second kappa shape index (κ2) is 5.24. The number of carbonyl (C=O) groups is 1. The molecule has 1 aliphatic carbocycles. The van der Waals surface area contributed by atoms with E-state index in [1.165, 1.54) is 7.11 Å². The lowest BCUT2D eigenvalue weighted by Crippen LogP contribution is -2.28. The van der Waals surface area contributed by atoms with Gasteiger partial charge in [0.15, 0.2) is 0 Å². The van der Waals surface area contributed by atoms with E-state index in [0.29, 0.717) is 25.7 Å². The van der Waals surface area contributed by atoms with E-state index in [1.54, 1.807) is 0 Å². The third kappa shape index (κ3) is 3.21. The molecule has 0 unspecified atom stereocenters. The summed E-state index contributed by atoms with van der Waals surface area (Å²) in [4.78, 5) is 11.1. The molecular weight excluding hydrogens is 194 g/mol. The molecule has 0 radical (unpaired) electrons. The number of ether oxygens (including phenoxy) is 2. The predicted octanol–water partition coefficient (Wildman–Crippen LogP) is 1.96. The minimum Gasteiger partial charge on any atom is -0.469 e. The fraction of sp³-hybridized carbons (Fsp3) is 0.889. The van der Waals surface area contributed by atoms with Crippen molar-refractivity contribution >= 4 is 5.97 Å². The zero-order valence-electron chi connectivity index (χ0n) is 8.04. The maximum Gasteiger partial charge on any atom is 0.345 e. The lowest BCUT2D eigenvalue weighted by molar-refractivity contribution is -0.174. The van der Waals surface area contributed by atoms with Gasteiger partial charge in [-0.3, -0.25) is 4.79 Å². The van der Waals surface area contributed by atoms with E-state index in [-0.39, 0.29) is 11.9 Å². The molecule has 1 fully saturated rings. The van der Waals surface area contributed by atoms with E-state index in [1.807, 2.05) is 0 Å². The van der Waals surface area contributed by atoms with E-state index in [0.717, 1.165) is 0 Å². The molecule has 0 saturated heterocycles. The van der Waals surface area contributed by atoms with Crippen molar-refractivity contribution in [2.24, 2.45) is 5.92 Å². The third-order valence-electron chi connectivity index (χ3n) is 2.50. The highest BCUT2D eigenvalue weighted by Crippen LogP contribution is 2.27. The number of rotatable bonds is 3. The summed E-state index contributed by atoms with van der Waals surface area (Å²) in [6.07, 6.45) is 1.75. The monoisotopic (exact) mass is 208 g/mol. The quantitative estimate of drug-likeness (QED) is 0.665. The molecule has 1 saturated carbocycles. The molecule has 0 heterocycles. The largest absolute Gasteiger partial charge is 0.469 e. The summed E-state index contributed by atoms with van der Waals surface area (Å²) in [6, 6.07) is 0. The number of carbonyl (C=O) groups excluding carboxylic acids is 1. The molecule has 3 nitrogen and oxygen atoms in total. The van der Waals surface area contributed by atoms with E-state index in [9.17, 15) is 13.6 Å². The minimum absolute atomic E-state index is 0.141. The van der Waals surface area contributed by atoms with Gasteiger partial charge in [-0.15, -0.1) is 0 Å². The SMILES string of the molecule is COC(=O)C1CCC(OC(F)F)CC1. The van der Waals surface area contributed by atoms with Gasteiger partial charge in [0.2, 0.25) is 0 Å². The van der Waals surface area contributed by atoms with Crippen LogP contribution >= 0.6 is 0 Å². The Morgan fingerprint density at radius 1 is 1.29 bits per heavy atom. The molecule has 0 N–H and O–H groups in total. The van der Waals surface area contributed by atoms with Crippen molar-refractivity contribution in [2.75, 3.05) is 7.11 Å². The van der Waals surface area contributed by atoms with Crippen LogP contribution in [-0.4, -0.2) is 25.8 Å². The summed E-state index contributed by atoms with van der Waals surface area (Å²) in [7, 11) is 1.34.